The molecule has 2 rings (SSSR count). The molecule has 0 atom stereocenters. The zero-order valence-corrected chi connectivity index (χ0v) is 14.7. The number of nitrogens with zero attached hydrogens (tertiary/aromatic N) is 3. The summed E-state index contributed by atoms with van der Waals surface area (Å²) in [7, 11) is 0. The van der Waals surface area contributed by atoms with E-state index in [1.165, 1.54) is 15.9 Å². The maximum Gasteiger partial charge on any atom is 0.409 e. The van der Waals surface area contributed by atoms with Gasteiger partial charge in [-0.1, -0.05) is 6.07 Å². The topological polar surface area (TPSA) is 70.2 Å². The average Bonchev–Trinajstić information content (AvgIpc) is 2.60. The van der Waals surface area contributed by atoms with Crippen molar-refractivity contribution in [3.63, 3.8) is 0 Å². The molecule has 142 valence electrons. The van der Waals surface area contributed by atoms with Gasteiger partial charge in [0.05, 0.1) is 6.61 Å². The lowest BCUT2D eigenvalue weighted by atomic mass is 10.2. The number of amides is 3. The zero-order valence-electron chi connectivity index (χ0n) is 14.7. The third-order valence-electron chi connectivity index (χ3n) is 4.04. The normalized spacial score (nSPS) is 14.2. The smallest absolute Gasteiger partial charge is 0.409 e. The van der Waals surface area contributed by atoms with Gasteiger partial charge in [0.2, 0.25) is 11.8 Å². The Morgan fingerprint density at radius 3 is 2.12 bits per heavy atom. The number of hydrogen-bond donors (Lipinski definition) is 0. The minimum atomic E-state index is -0.917. The van der Waals surface area contributed by atoms with Gasteiger partial charge >= 0.3 is 6.09 Å². The van der Waals surface area contributed by atoms with E-state index in [4.69, 9.17) is 4.74 Å². The van der Waals surface area contributed by atoms with Crippen LogP contribution in [0, 0.1) is 11.6 Å². The van der Waals surface area contributed by atoms with Crippen LogP contribution in [0.25, 0.3) is 0 Å². The predicted octanol–water partition coefficient (Wildman–Crippen LogP) is 1.62. The van der Waals surface area contributed by atoms with Gasteiger partial charge in [0.15, 0.2) is 0 Å². The third-order valence-corrected chi connectivity index (χ3v) is 4.04. The first-order valence-electron chi connectivity index (χ1n) is 8.26. The van der Waals surface area contributed by atoms with E-state index in [-0.39, 0.29) is 19.7 Å². The quantitative estimate of drug-likeness (QED) is 0.809. The van der Waals surface area contributed by atoms with Gasteiger partial charge in [0, 0.05) is 33.1 Å². The first-order valence-corrected chi connectivity index (χ1v) is 8.26. The van der Waals surface area contributed by atoms with Crippen LogP contribution in [0.2, 0.25) is 0 Å². The second kappa shape index (κ2) is 8.59. The molecule has 1 aromatic rings. The summed E-state index contributed by atoms with van der Waals surface area (Å²) in [6.07, 6.45) is -0.446. The molecule has 0 radical (unpaired) electrons. The number of rotatable bonds is 4. The summed E-state index contributed by atoms with van der Waals surface area (Å²) in [5.74, 6) is -2.93. The molecule has 0 saturated carbocycles. The largest absolute Gasteiger partial charge is 0.450 e. The van der Waals surface area contributed by atoms with Crippen LogP contribution in [-0.4, -0.2) is 67.0 Å². The Hall–Kier alpha value is -2.71. The number of carbonyl (C=O) groups excluding carboxylic acids is 3. The van der Waals surface area contributed by atoms with Crippen molar-refractivity contribution >= 4 is 23.6 Å². The summed E-state index contributed by atoms with van der Waals surface area (Å²) in [4.78, 5) is 39.7. The van der Waals surface area contributed by atoms with Crippen molar-refractivity contribution in [1.82, 2.24) is 9.80 Å². The van der Waals surface area contributed by atoms with Crippen LogP contribution >= 0.6 is 0 Å². The molecule has 0 spiro atoms. The van der Waals surface area contributed by atoms with E-state index < -0.39 is 41.8 Å². The first-order chi connectivity index (χ1) is 12.3. The van der Waals surface area contributed by atoms with Crippen LogP contribution < -0.4 is 4.90 Å². The number of halogens is 2. The highest BCUT2D eigenvalue weighted by molar-refractivity contribution is 5.97. The Labute approximate surface area is 150 Å². The molecular formula is C17H21F2N3O4. The molecule has 0 bridgehead atoms. The van der Waals surface area contributed by atoms with Gasteiger partial charge in [-0.15, -0.1) is 0 Å². The van der Waals surface area contributed by atoms with Gasteiger partial charge in [0.1, 0.15) is 23.9 Å². The van der Waals surface area contributed by atoms with E-state index in [0.29, 0.717) is 13.1 Å². The molecule has 0 aliphatic carbocycles. The number of para-hydroxylation sites is 1. The average molecular weight is 369 g/mol. The van der Waals surface area contributed by atoms with E-state index in [0.717, 1.165) is 24.0 Å². The lowest BCUT2D eigenvalue weighted by molar-refractivity contribution is -0.132. The van der Waals surface area contributed by atoms with Gasteiger partial charge in [0.25, 0.3) is 0 Å². The fourth-order valence-electron chi connectivity index (χ4n) is 2.68. The minimum Gasteiger partial charge on any atom is -0.450 e. The summed E-state index contributed by atoms with van der Waals surface area (Å²) in [5, 5.41) is 0. The number of ether oxygens (including phenoxy) is 1. The number of carbonyl (C=O) groups is 3. The Balaban J connectivity index is 2.03. The van der Waals surface area contributed by atoms with Crippen LogP contribution in [0.3, 0.4) is 0 Å². The number of anilines is 1. The van der Waals surface area contributed by atoms with E-state index in [1.54, 1.807) is 6.92 Å². The van der Waals surface area contributed by atoms with E-state index >= 15 is 0 Å². The SMILES string of the molecule is CCOC(=O)N1CCN(C(=O)CN(C(C)=O)c2c(F)cccc2F)CC1. The summed E-state index contributed by atoms with van der Waals surface area (Å²) in [6, 6.07) is 3.23. The molecule has 0 N–H and O–H groups in total. The van der Waals surface area contributed by atoms with Crippen LogP contribution in [0.4, 0.5) is 19.3 Å². The monoisotopic (exact) mass is 369 g/mol. The van der Waals surface area contributed by atoms with Crippen LogP contribution in [0.5, 0.6) is 0 Å². The lowest BCUT2D eigenvalue weighted by Crippen LogP contribution is -2.53. The summed E-state index contributed by atoms with van der Waals surface area (Å²) in [5.41, 5.74) is -0.543. The Bertz CT molecular complexity index is 670. The van der Waals surface area contributed by atoms with Crippen LogP contribution in [0.15, 0.2) is 18.2 Å². The van der Waals surface area contributed by atoms with Crippen molar-refractivity contribution in [1.29, 1.82) is 0 Å². The van der Waals surface area contributed by atoms with Crippen LogP contribution in [0.1, 0.15) is 13.8 Å². The Morgan fingerprint density at radius 2 is 1.62 bits per heavy atom. The van der Waals surface area contributed by atoms with Gasteiger partial charge in [-0.3, -0.25) is 14.5 Å². The molecule has 1 saturated heterocycles. The van der Waals surface area contributed by atoms with E-state index in [9.17, 15) is 23.2 Å². The number of piperazine rings is 1. The Morgan fingerprint density at radius 1 is 1.08 bits per heavy atom. The summed E-state index contributed by atoms with van der Waals surface area (Å²) < 4.78 is 32.8. The lowest BCUT2D eigenvalue weighted by Gasteiger charge is -2.35. The van der Waals surface area contributed by atoms with Gasteiger partial charge in [-0.05, 0) is 19.1 Å². The van der Waals surface area contributed by atoms with Crippen molar-refractivity contribution in [3.05, 3.63) is 29.8 Å². The van der Waals surface area contributed by atoms with Crippen molar-refractivity contribution in [2.24, 2.45) is 0 Å². The number of benzene rings is 1. The zero-order chi connectivity index (χ0) is 19.3. The Kier molecular flexibility index (Phi) is 6.48. The fraction of sp³-hybridized carbons (Fsp3) is 0.471. The predicted molar refractivity (Wildman–Crippen MR) is 89.6 cm³/mol. The van der Waals surface area contributed by atoms with Crippen molar-refractivity contribution < 1.29 is 27.9 Å². The van der Waals surface area contributed by atoms with Gasteiger partial charge < -0.3 is 14.5 Å². The molecule has 0 unspecified atom stereocenters. The fourth-order valence-corrected chi connectivity index (χ4v) is 2.68. The summed E-state index contributed by atoms with van der Waals surface area (Å²) >= 11 is 0. The van der Waals surface area contributed by atoms with Crippen LogP contribution in [-0.2, 0) is 14.3 Å². The highest BCUT2D eigenvalue weighted by Gasteiger charge is 2.28. The van der Waals surface area contributed by atoms with Gasteiger partial charge in [-0.25, -0.2) is 13.6 Å². The van der Waals surface area contributed by atoms with Crippen molar-refractivity contribution in [3.8, 4) is 0 Å². The molecule has 0 aromatic heterocycles. The molecule has 1 heterocycles. The summed E-state index contributed by atoms with van der Waals surface area (Å²) in [6.45, 7) is 3.71. The molecule has 1 aliphatic rings. The molecule has 1 fully saturated rings. The van der Waals surface area contributed by atoms with E-state index in [2.05, 4.69) is 0 Å². The first kappa shape index (κ1) is 19.6. The van der Waals surface area contributed by atoms with Crippen molar-refractivity contribution in [2.45, 2.75) is 13.8 Å². The standard InChI is InChI=1S/C17H21F2N3O4/c1-3-26-17(25)21-9-7-20(8-10-21)15(24)11-22(12(2)23)16-13(18)5-4-6-14(16)19/h4-6H,3,7-11H2,1-2H3. The molecule has 9 heteroatoms. The highest BCUT2D eigenvalue weighted by atomic mass is 19.1. The maximum atomic E-state index is 13.9. The third kappa shape index (κ3) is 4.47. The number of hydrogen-bond acceptors (Lipinski definition) is 4. The minimum absolute atomic E-state index is 0.253. The molecule has 1 aromatic carbocycles. The molecule has 1 aliphatic heterocycles. The molecular weight excluding hydrogens is 348 g/mol. The highest BCUT2D eigenvalue weighted by Crippen LogP contribution is 2.23. The van der Waals surface area contributed by atoms with Gasteiger partial charge in [-0.2, -0.15) is 0 Å². The second-order valence-electron chi connectivity index (χ2n) is 5.74. The maximum absolute atomic E-state index is 13.9. The van der Waals surface area contributed by atoms with E-state index in [1.807, 2.05) is 0 Å². The van der Waals surface area contributed by atoms with Crippen molar-refractivity contribution in [2.75, 3.05) is 44.2 Å². The molecule has 7 nitrogen and oxygen atoms in total. The molecule has 3 amide bonds. The second-order valence-corrected chi connectivity index (χ2v) is 5.74. The molecule has 26 heavy (non-hydrogen) atoms.